The minimum atomic E-state index is -0.413. The van der Waals surface area contributed by atoms with E-state index >= 15 is 0 Å². The van der Waals surface area contributed by atoms with Gasteiger partial charge in [0.2, 0.25) is 0 Å². The van der Waals surface area contributed by atoms with Gasteiger partial charge < -0.3 is 10.5 Å². The first-order valence-electron chi connectivity index (χ1n) is 6.05. The lowest BCUT2D eigenvalue weighted by Gasteiger charge is -2.15. The lowest BCUT2D eigenvalue weighted by Crippen LogP contribution is -2.14. The molecule has 2 N–H and O–H groups in total. The number of hydrogen-bond donors (Lipinski definition) is 1. The highest BCUT2D eigenvalue weighted by molar-refractivity contribution is 6.42. The molecule has 2 aromatic rings. The lowest BCUT2D eigenvalue weighted by molar-refractivity contribution is 0.385. The van der Waals surface area contributed by atoms with Gasteiger partial charge in [0, 0.05) is 6.04 Å². The molecule has 0 aromatic heterocycles. The Balaban J connectivity index is 2.24. The van der Waals surface area contributed by atoms with Crippen LogP contribution in [-0.2, 0) is 6.42 Å². The third kappa shape index (κ3) is 3.23. The molecule has 2 nitrogen and oxygen atoms in total. The Morgan fingerprint density at radius 2 is 2.00 bits per heavy atom. The number of rotatable bonds is 4. The Labute approximate surface area is 127 Å². The van der Waals surface area contributed by atoms with E-state index < -0.39 is 5.82 Å². The van der Waals surface area contributed by atoms with Gasteiger partial charge in [-0.25, -0.2) is 4.39 Å². The Hall–Kier alpha value is -1.29. The standard InChI is InChI=1S/C15H14Cl2FNO/c1-20-14-8-9(5-6-12(14)18)13(19)7-10-3-2-4-11(16)15(10)17/h2-6,8,13H,7,19H2,1H3. The fourth-order valence-electron chi connectivity index (χ4n) is 1.97. The molecule has 0 saturated carbocycles. The van der Waals surface area contributed by atoms with Crippen molar-refractivity contribution in [2.45, 2.75) is 12.5 Å². The minimum Gasteiger partial charge on any atom is -0.494 e. The van der Waals surface area contributed by atoms with E-state index in [0.29, 0.717) is 16.5 Å². The van der Waals surface area contributed by atoms with Crippen molar-refractivity contribution in [3.8, 4) is 5.75 Å². The summed E-state index contributed by atoms with van der Waals surface area (Å²) in [4.78, 5) is 0. The Morgan fingerprint density at radius 1 is 1.25 bits per heavy atom. The monoisotopic (exact) mass is 313 g/mol. The van der Waals surface area contributed by atoms with Crippen LogP contribution in [0.15, 0.2) is 36.4 Å². The van der Waals surface area contributed by atoms with E-state index in [1.54, 1.807) is 18.2 Å². The van der Waals surface area contributed by atoms with E-state index in [1.165, 1.54) is 13.2 Å². The highest BCUT2D eigenvalue weighted by Crippen LogP contribution is 2.29. The zero-order valence-electron chi connectivity index (χ0n) is 10.9. The summed E-state index contributed by atoms with van der Waals surface area (Å²) in [5.74, 6) is -0.237. The predicted molar refractivity (Wildman–Crippen MR) is 80.0 cm³/mol. The van der Waals surface area contributed by atoms with Crippen LogP contribution in [0, 0.1) is 5.82 Å². The van der Waals surface area contributed by atoms with Gasteiger partial charge in [-0.15, -0.1) is 0 Å². The van der Waals surface area contributed by atoms with Crippen molar-refractivity contribution >= 4 is 23.2 Å². The second-order valence-electron chi connectivity index (χ2n) is 4.42. The van der Waals surface area contributed by atoms with Gasteiger partial charge in [0.25, 0.3) is 0 Å². The molecular formula is C15H14Cl2FNO. The zero-order valence-corrected chi connectivity index (χ0v) is 12.4. The summed E-state index contributed by atoms with van der Waals surface area (Å²) in [6.07, 6.45) is 0.508. The van der Waals surface area contributed by atoms with E-state index in [-0.39, 0.29) is 11.8 Å². The maximum absolute atomic E-state index is 13.4. The molecule has 0 radical (unpaired) electrons. The molecule has 0 saturated heterocycles. The van der Waals surface area contributed by atoms with Crippen LogP contribution in [0.4, 0.5) is 4.39 Å². The molecule has 0 heterocycles. The molecule has 0 bridgehead atoms. The highest BCUT2D eigenvalue weighted by atomic mass is 35.5. The van der Waals surface area contributed by atoms with Gasteiger partial charge in [-0.3, -0.25) is 0 Å². The van der Waals surface area contributed by atoms with Crippen LogP contribution in [0.25, 0.3) is 0 Å². The molecule has 0 aliphatic heterocycles. The first kappa shape index (κ1) is 15.1. The van der Waals surface area contributed by atoms with Crippen molar-refractivity contribution in [2.24, 2.45) is 5.73 Å². The fourth-order valence-corrected chi connectivity index (χ4v) is 2.37. The van der Waals surface area contributed by atoms with Crippen LogP contribution in [0.1, 0.15) is 17.2 Å². The summed E-state index contributed by atoms with van der Waals surface area (Å²) < 4.78 is 18.3. The highest BCUT2D eigenvalue weighted by Gasteiger charge is 2.13. The maximum atomic E-state index is 13.4. The minimum absolute atomic E-state index is 0.176. The molecule has 0 amide bonds. The van der Waals surface area contributed by atoms with Crippen molar-refractivity contribution < 1.29 is 9.13 Å². The Bertz CT molecular complexity index is 619. The van der Waals surface area contributed by atoms with Gasteiger partial charge in [0.15, 0.2) is 11.6 Å². The summed E-state index contributed by atoms with van der Waals surface area (Å²) in [5.41, 5.74) is 7.77. The second-order valence-corrected chi connectivity index (χ2v) is 5.20. The average Bonchev–Trinajstić information content (AvgIpc) is 2.44. The van der Waals surface area contributed by atoms with Crippen molar-refractivity contribution in [3.05, 3.63) is 63.4 Å². The normalized spacial score (nSPS) is 12.2. The second kappa shape index (κ2) is 6.44. The van der Waals surface area contributed by atoms with Crippen LogP contribution >= 0.6 is 23.2 Å². The first-order chi connectivity index (χ1) is 9.52. The maximum Gasteiger partial charge on any atom is 0.165 e. The lowest BCUT2D eigenvalue weighted by atomic mass is 9.99. The van der Waals surface area contributed by atoms with Crippen LogP contribution in [0.5, 0.6) is 5.75 Å². The average molecular weight is 314 g/mol. The van der Waals surface area contributed by atoms with Gasteiger partial charge in [-0.05, 0) is 35.7 Å². The van der Waals surface area contributed by atoms with Crippen molar-refractivity contribution in [2.75, 3.05) is 7.11 Å². The van der Waals surface area contributed by atoms with Crippen LogP contribution < -0.4 is 10.5 Å². The van der Waals surface area contributed by atoms with Crippen molar-refractivity contribution in [1.82, 2.24) is 0 Å². The number of benzene rings is 2. The molecule has 1 atom stereocenters. The molecule has 1 unspecified atom stereocenters. The summed E-state index contributed by atoms with van der Waals surface area (Å²) in [5, 5.41) is 0.992. The Kier molecular flexibility index (Phi) is 4.86. The summed E-state index contributed by atoms with van der Waals surface area (Å²) in [6, 6.07) is 9.67. The van der Waals surface area contributed by atoms with E-state index in [0.717, 1.165) is 11.1 Å². The summed E-state index contributed by atoms with van der Waals surface area (Å²) in [6.45, 7) is 0. The number of hydrogen-bond acceptors (Lipinski definition) is 2. The summed E-state index contributed by atoms with van der Waals surface area (Å²) in [7, 11) is 1.42. The smallest absolute Gasteiger partial charge is 0.165 e. The molecule has 0 aliphatic carbocycles. The van der Waals surface area contributed by atoms with Crippen LogP contribution in [0.2, 0.25) is 10.0 Å². The van der Waals surface area contributed by atoms with E-state index in [2.05, 4.69) is 0 Å². The van der Waals surface area contributed by atoms with Gasteiger partial charge >= 0.3 is 0 Å². The van der Waals surface area contributed by atoms with E-state index in [4.69, 9.17) is 33.7 Å². The molecule has 2 rings (SSSR count). The molecule has 20 heavy (non-hydrogen) atoms. The van der Waals surface area contributed by atoms with Crippen molar-refractivity contribution in [1.29, 1.82) is 0 Å². The quantitative estimate of drug-likeness (QED) is 0.909. The Morgan fingerprint density at radius 3 is 2.70 bits per heavy atom. The molecule has 0 fully saturated rings. The molecule has 5 heteroatoms. The third-order valence-electron chi connectivity index (χ3n) is 3.07. The number of ether oxygens (including phenoxy) is 1. The van der Waals surface area contributed by atoms with Gasteiger partial charge in [0.05, 0.1) is 17.2 Å². The van der Waals surface area contributed by atoms with E-state index in [9.17, 15) is 4.39 Å². The van der Waals surface area contributed by atoms with Crippen LogP contribution in [-0.4, -0.2) is 7.11 Å². The fraction of sp³-hybridized carbons (Fsp3) is 0.200. The predicted octanol–water partition coefficient (Wildman–Crippen LogP) is 4.38. The van der Waals surface area contributed by atoms with Gasteiger partial charge in [-0.2, -0.15) is 0 Å². The van der Waals surface area contributed by atoms with Crippen molar-refractivity contribution in [3.63, 3.8) is 0 Å². The zero-order chi connectivity index (χ0) is 14.7. The SMILES string of the molecule is COc1cc(C(N)Cc2cccc(Cl)c2Cl)ccc1F. The first-order valence-corrected chi connectivity index (χ1v) is 6.80. The van der Waals surface area contributed by atoms with Crippen LogP contribution in [0.3, 0.4) is 0 Å². The number of halogens is 3. The molecule has 2 aromatic carbocycles. The molecule has 106 valence electrons. The molecular weight excluding hydrogens is 300 g/mol. The molecule has 0 aliphatic rings. The number of methoxy groups -OCH3 is 1. The molecule has 0 spiro atoms. The third-order valence-corrected chi connectivity index (χ3v) is 3.93. The van der Waals surface area contributed by atoms with Gasteiger partial charge in [0.1, 0.15) is 0 Å². The largest absolute Gasteiger partial charge is 0.494 e. The summed E-state index contributed by atoms with van der Waals surface area (Å²) >= 11 is 12.1. The number of nitrogens with two attached hydrogens (primary N) is 1. The topological polar surface area (TPSA) is 35.2 Å². The van der Waals surface area contributed by atoms with E-state index in [1.807, 2.05) is 12.1 Å². The van der Waals surface area contributed by atoms with Gasteiger partial charge in [-0.1, -0.05) is 41.4 Å².